The number of para-hydroxylation sites is 1. The molecule has 2 aliphatic rings. The van der Waals surface area contributed by atoms with Crippen LogP contribution in [-0.4, -0.2) is 54.2 Å². The van der Waals surface area contributed by atoms with Crippen molar-refractivity contribution in [3.8, 4) is 0 Å². The fraction of sp³-hybridized carbons (Fsp3) is 0.444. The molecule has 1 aromatic carbocycles. The number of carbonyl (C=O) groups excluding carboxylic acids is 1. The van der Waals surface area contributed by atoms with Gasteiger partial charge in [-0.25, -0.2) is 4.98 Å². The Morgan fingerprint density at radius 3 is 3.17 bits per heavy atom. The molecule has 2 fully saturated rings. The number of rotatable bonds is 3. The smallest absolute Gasteiger partial charge is 0.269 e. The predicted octanol–water partition coefficient (Wildman–Crippen LogP) is 1.83. The van der Waals surface area contributed by atoms with Gasteiger partial charge < -0.3 is 10.1 Å². The molecule has 0 radical (unpaired) electrons. The normalized spacial score (nSPS) is 24.5. The van der Waals surface area contributed by atoms with Crippen LogP contribution in [0, 0.1) is 0 Å². The Bertz CT molecular complexity index is 718. The summed E-state index contributed by atoms with van der Waals surface area (Å²) in [7, 11) is 0. The quantitative estimate of drug-likeness (QED) is 0.939. The lowest BCUT2D eigenvalue weighted by molar-refractivity contribution is -0.0462. The van der Waals surface area contributed by atoms with Crippen LogP contribution in [0.3, 0.4) is 0 Å². The fourth-order valence-corrected chi connectivity index (χ4v) is 3.50. The van der Waals surface area contributed by atoms with Gasteiger partial charge in [-0.1, -0.05) is 24.3 Å². The molecular weight excluding hydrogens is 290 g/mol. The molecule has 2 atom stereocenters. The SMILES string of the molecule is O=C(NC[C@H]1CN2CCC[C@H]2CO1)c1ccc2ccccc2n1. The first-order valence-electron chi connectivity index (χ1n) is 8.29. The monoisotopic (exact) mass is 311 g/mol. The van der Waals surface area contributed by atoms with E-state index in [9.17, 15) is 4.79 Å². The molecule has 0 saturated carbocycles. The molecule has 2 aliphatic heterocycles. The van der Waals surface area contributed by atoms with Crippen LogP contribution in [0.25, 0.3) is 10.9 Å². The number of hydrogen-bond acceptors (Lipinski definition) is 4. The highest BCUT2D eigenvalue weighted by Gasteiger charge is 2.32. The number of ether oxygens (including phenoxy) is 1. The Labute approximate surface area is 135 Å². The van der Waals surface area contributed by atoms with Crippen molar-refractivity contribution in [3.63, 3.8) is 0 Å². The summed E-state index contributed by atoms with van der Waals surface area (Å²) < 4.78 is 5.87. The molecule has 3 heterocycles. The Morgan fingerprint density at radius 2 is 2.22 bits per heavy atom. The zero-order valence-electron chi connectivity index (χ0n) is 13.1. The number of morpholine rings is 1. The van der Waals surface area contributed by atoms with E-state index in [1.165, 1.54) is 12.8 Å². The first-order chi connectivity index (χ1) is 11.3. The van der Waals surface area contributed by atoms with Crippen molar-refractivity contribution in [2.24, 2.45) is 0 Å². The zero-order chi connectivity index (χ0) is 15.6. The number of fused-ring (bicyclic) bond motifs is 2. The van der Waals surface area contributed by atoms with Crippen LogP contribution in [0.2, 0.25) is 0 Å². The molecule has 4 rings (SSSR count). The van der Waals surface area contributed by atoms with Crippen LogP contribution in [0.1, 0.15) is 23.3 Å². The topological polar surface area (TPSA) is 54.5 Å². The summed E-state index contributed by atoms with van der Waals surface area (Å²) in [6.07, 6.45) is 2.57. The number of aromatic nitrogens is 1. The number of nitrogens with one attached hydrogen (secondary N) is 1. The molecule has 120 valence electrons. The lowest BCUT2D eigenvalue weighted by Gasteiger charge is -2.35. The lowest BCUT2D eigenvalue weighted by atomic mass is 10.2. The van der Waals surface area contributed by atoms with Crippen molar-refractivity contribution in [3.05, 3.63) is 42.1 Å². The molecule has 1 N–H and O–H groups in total. The highest BCUT2D eigenvalue weighted by molar-refractivity contribution is 5.94. The maximum Gasteiger partial charge on any atom is 0.269 e. The predicted molar refractivity (Wildman–Crippen MR) is 88.4 cm³/mol. The van der Waals surface area contributed by atoms with Crippen LogP contribution < -0.4 is 5.32 Å². The van der Waals surface area contributed by atoms with Crippen molar-refractivity contribution in [2.45, 2.75) is 25.0 Å². The van der Waals surface area contributed by atoms with Gasteiger partial charge in [0.05, 0.1) is 18.2 Å². The first-order valence-corrected chi connectivity index (χ1v) is 8.29. The summed E-state index contributed by atoms with van der Waals surface area (Å²) in [4.78, 5) is 19.2. The minimum absolute atomic E-state index is 0.0776. The fourth-order valence-electron chi connectivity index (χ4n) is 3.50. The van der Waals surface area contributed by atoms with Crippen LogP contribution in [0.5, 0.6) is 0 Å². The van der Waals surface area contributed by atoms with E-state index in [-0.39, 0.29) is 12.0 Å². The second-order valence-electron chi connectivity index (χ2n) is 6.35. The van der Waals surface area contributed by atoms with Gasteiger partial charge in [-0.3, -0.25) is 9.69 Å². The number of pyridine rings is 1. The average molecular weight is 311 g/mol. The molecule has 0 unspecified atom stereocenters. The van der Waals surface area contributed by atoms with Gasteiger partial charge in [0.25, 0.3) is 5.91 Å². The molecule has 1 aromatic heterocycles. The van der Waals surface area contributed by atoms with E-state index in [1.54, 1.807) is 6.07 Å². The van der Waals surface area contributed by atoms with Gasteiger partial charge in [0.15, 0.2) is 0 Å². The van der Waals surface area contributed by atoms with Gasteiger partial charge in [-0.2, -0.15) is 0 Å². The summed E-state index contributed by atoms with van der Waals surface area (Å²) in [5.41, 5.74) is 1.30. The Kier molecular flexibility index (Phi) is 3.97. The minimum Gasteiger partial charge on any atom is -0.373 e. The highest BCUT2D eigenvalue weighted by atomic mass is 16.5. The van der Waals surface area contributed by atoms with E-state index >= 15 is 0 Å². The molecular formula is C18H21N3O2. The largest absolute Gasteiger partial charge is 0.373 e. The van der Waals surface area contributed by atoms with E-state index in [2.05, 4.69) is 15.2 Å². The Morgan fingerprint density at radius 1 is 1.30 bits per heavy atom. The third-order valence-corrected chi connectivity index (χ3v) is 4.78. The summed E-state index contributed by atoms with van der Waals surface area (Å²) in [5.74, 6) is -0.136. The van der Waals surface area contributed by atoms with Crippen molar-refractivity contribution >= 4 is 16.8 Å². The van der Waals surface area contributed by atoms with Crippen molar-refractivity contribution in [1.82, 2.24) is 15.2 Å². The van der Waals surface area contributed by atoms with Gasteiger partial charge in [0, 0.05) is 24.5 Å². The lowest BCUT2D eigenvalue weighted by Crippen LogP contribution is -2.50. The number of amides is 1. The van der Waals surface area contributed by atoms with Gasteiger partial charge in [0.1, 0.15) is 5.69 Å². The summed E-state index contributed by atoms with van der Waals surface area (Å²) in [6.45, 7) is 3.39. The van der Waals surface area contributed by atoms with E-state index in [1.807, 2.05) is 30.3 Å². The third kappa shape index (κ3) is 3.07. The number of hydrogen-bond donors (Lipinski definition) is 1. The van der Waals surface area contributed by atoms with Gasteiger partial charge in [-0.15, -0.1) is 0 Å². The molecule has 2 saturated heterocycles. The molecule has 2 aromatic rings. The maximum absolute atomic E-state index is 12.3. The number of nitrogens with zero attached hydrogens (tertiary/aromatic N) is 2. The van der Waals surface area contributed by atoms with E-state index in [0.29, 0.717) is 18.3 Å². The summed E-state index contributed by atoms with van der Waals surface area (Å²) in [6, 6.07) is 12.1. The van der Waals surface area contributed by atoms with Crippen molar-refractivity contribution in [1.29, 1.82) is 0 Å². The molecule has 5 heteroatoms. The van der Waals surface area contributed by atoms with Crippen LogP contribution >= 0.6 is 0 Å². The van der Waals surface area contributed by atoms with E-state index in [4.69, 9.17) is 4.74 Å². The van der Waals surface area contributed by atoms with Crippen molar-refractivity contribution in [2.75, 3.05) is 26.2 Å². The average Bonchev–Trinajstić information content (AvgIpc) is 3.07. The van der Waals surface area contributed by atoms with Gasteiger partial charge in [0.2, 0.25) is 0 Å². The van der Waals surface area contributed by atoms with E-state index < -0.39 is 0 Å². The highest BCUT2D eigenvalue weighted by Crippen LogP contribution is 2.22. The molecule has 23 heavy (non-hydrogen) atoms. The standard InChI is InChI=1S/C18H21N3O2/c22-18(17-8-7-13-4-1-2-6-16(13)20-17)19-10-15-11-21-9-3-5-14(21)12-23-15/h1-2,4,6-8,14-15H,3,5,9-12H2,(H,19,22)/t14-,15-/m0/s1. The molecule has 0 spiro atoms. The van der Waals surface area contributed by atoms with Crippen LogP contribution in [0.4, 0.5) is 0 Å². The molecule has 5 nitrogen and oxygen atoms in total. The number of carbonyl (C=O) groups is 1. The molecule has 0 aliphatic carbocycles. The second-order valence-corrected chi connectivity index (χ2v) is 6.35. The Hall–Kier alpha value is -1.98. The van der Waals surface area contributed by atoms with Crippen LogP contribution in [-0.2, 0) is 4.74 Å². The first kappa shape index (κ1) is 14.6. The Balaban J connectivity index is 1.37. The van der Waals surface area contributed by atoms with Crippen molar-refractivity contribution < 1.29 is 9.53 Å². The third-order valence-electron chi connectivity index (χ3n) is 4.78. The van der Waals surface area contributed by atoms with E-state index in [0.717, 1.165) is 30.6 Å². The summed E-state index contributed by atoms with van der Waals surface area (Å²) in [5, 5.41) is 4.00. The maximum atomic E-state index is 12.3. The van der Waals surface area contributed by atoms with Gasteiger partial charge in [-0.05, 0) is 31.5 Å². The second kappa shape index (κ2) is 6.26. The minimum atomic E-state index is -0.136. The molecule has 0 bridgehead atoms. The van der Waals surface area contributed by atoms with Gasteiger partial charge >= 0.3 is 0 Å². The molecule has 1 amide bonds. The summed E-state index contributed by atoms with van der Waals surface area (Å²) >= 11 is 0. The number of benzene rings is 1. The van der Waals surface area contributed by atoms with Crippen LogP contribution in [0.15, 0.2) is 36.4 Å². The zero-order valence-corrected chi connectivity index (χ0v) is 13.1.